The minimum atomic E-state index is -1.46. The first-order valence-corrected chi connectivity index (χ1v) is 4.62. The Labute approximate surface area is 73.0 Å². The van der Waals surface area contributed by atoms with Gasteiger partial charge in [0.2, 0.25) is 0 Å². The van der Waals surface area contributed by atoms with Crippen LogP contribution in [0.3, 0.4) is 0 Å². The van der Waals surface area contributed by atoms with Gasteiger partial charge in [0.1, 0.15) is 5.82 Å². The zero-order valence-corrected chi connectivity index (χ0v) is 7.44. The Morgan fingerprint density at radius 3 is 2.50 bits per heavy atom. The molecule has 0 aliphatic rings. The highest BCUT2D eigenvalue weighted by Gasteiger charge is 2.02. The van der Waals surface area contributed by atoms with Crippen LogP contribution >= 0.6 is 0 Å². The summed E-state index contributed by atoms with van der Waals surface area (Å²) in [5.74, 6) is -0.341. The Balaban J connectivity index is 2.75. The van der Waals surface area contributed by atoms with E-state index in [1.54, 1.807) is 6.92 Å². The van der Waals surface area contributed by atoms with Crippen molar-refractivity contribution in [2.75, 3.05) is 6.61 Å². The van der Waals surface area contributed by atoms with Gasteiger partial charge in [0.15, 0.2) is 11.1 Å². The molecule has 0 spiro atoms. The van der Waals surface area contributed by atoms with Crippen LogP contribution in [0, 0.1) is 5.82 Å². The van der Waals surface area contributed by atoms with Gasteiger partial charge in [-0.2, -0.15) is 0 Å². The molecule has 66 valence electrons. The molecule has 4 heteroatoms. The van der Waals surface area contributed by atoms with Crippen molar-refractivity contribution in [1.29, 1.82) is 0 Å². The Bertz CT molecular complexity index is 271. The molecule has 1 unspecified atom stereocenters. The molecule has 1 atom stereocenters. The lowest BCUT2D eigenvalue weighted by atomic mass is 10.4. The zero-order valence-electron chi connectivity index (χ0n) is 6.62. The third-order valence-electron chi connectivity index (χ3n) is 1.23. The molecule has 0 aliphatic heterocycles. The third kappa shape index (κ3) is 2.39. The fourth-order valence-electron chi connectivity index (χ4n) is 0.721. The third-order valence-corrected chi connectivity index (χ3v) is 2.34. The molecule has 0 saturated carbocycles. The molecule has 0 aromatic heterocycles. The van der Waals surface area contributed by atoms with Gasteiger partial charge in [-0.1, -0.05) is 0 Å². The van der Waals surface area contributed by atoms with Crippen LogP contribution in [0.15, 0.2) is 29.2 Å². The van der Waals surface area contributed by atoms with Crippen molar-refractivity contribution in [1.82, 2.24) is 0 Å². The van der Waals surface area contributed by atoms with Gasteiger partial charge in [-0.15, -0.1) is 0 Å². The predicted octanol–water partition coefficient (Wildman–Crippen LogP) is 1.88. The van der Waals surface area contributed by atoms with Crippen LogP contribution in [0.4, 0.5) is 4.39 Å². The van der Waals surface area contributed by atoms with Gasteiger partial charge < -0.3 is 0 Å². The lowest BCUT2D eigenvalue weighted by molar-refractivity contribution is 0.371. The Morgan fingerprint density at radius 1 is 1.42 bits per heavy atom. The summed E-state index contributed by atoms with van der Waals surface area (Å²) in [6.07, 6.45) is 0. The van der Waals surface area contributed by atoms with E-state index in [0.29, 0.717) is 11.5 Å². The van der Waals surface area contributed by atoms with Gasteiger partial charge in [0, 0.05) is 0 Å². The molecule has 1 rings (SSSR count). The molecule has 0 saturated heterocycles. The summed E-state index contributed by atoms with van der Waals surface area (Å²) in [7, 11) is 0. The van der Waals surface area contributed by atoms with Crippen molar-refractivity contribution in [2.24, 2.45) is 0 Å². The van der Waals surface area contributed by atoms with E-state index in [4.69, 9.17) is 4.18 Å². The highest BCUT2D eigenvalue weighted by Crippen LogP contribution is 2.08. The van der Waals surface area contributed by atoms with Crippen molar-refractivity contribution in [2.45, 2.75) is 11.8 Å². The summed E-state index contributed by atoms with van der Waals surface area (Å²) >= 11 is -1.46. The van der Waals surface area contributed by atoms with Crippen LogP contribution in [-0.2, 0) is 15.3 Å². The first-order chi connectivity index (χ1) is 5.74. The van der Waals surface area contributed by atoms with E-state index in [-0.39, 0.29) is 5.82 Å². The summed E-state index contributed by atoms with van der Waals surface area (Å²) in [6, 6.07) is 5.40. The highest BCUT2D eigenvalue weighted by molar-refractivity contribution is 7.80. The van der Waals surface area contributed by atoms with Crippen LogP contribution in [0.1, 0.15) is 6.92 Å². The van der Waals surface area contributed by atoms with Crippen molar-refractivity contribution in [3.63, 3.8) is 0 Å². The largest absolute Gasteiger partial charge is 0.287 e. The van der Waals surface area contributed by atoms with Gasteiger partial charge in [0.25, 0.3) is 0 Å². The molecule has 2 nitrogen and oxygen atoms in total. The number of hydrogen-bond acceptors (Lipinski definition) is 2. The average molecular weight is 188 g/mol. The van der Waals surface area contributed by atoms with E-state index in [9.17, 15) is 8.60 Å². The second-order valence-electron chi connectivity index (χ2n) is 2.10. The van der Waals surface area contributed by atoms with Gasteiger partial charge in [-0.05, 0) is 31.2 Å². The van der Waals surface area contributed by atoms with E-state index in [1.165, 1.54) is 24.3 Å². The zero-order chi connectivity index (χ0) is 8.97. The van der Waals surface area contributed by atoms with Gasteiger partial charge >= 0.3 is 0 Å². The molecule has 0 heterocycles. The molecular formula is C8H9FO2S. The van der Waals surface area contributed by atoms with Gasteiger partial charge in [0.05, 0.1) is 11.5 Å². The minimum Gasteiger partial charge on any atom is -0.287 e. The molecule has 1 aromatic carbocycles. The van der Waals surface area contributed by atoms with E-state index >= 15 is 0 Å². The highest BCUT2D eigenvalue weighted by atomic mass is 32.2. The molecule has 12 heavy (non-hydrogen) atoms. The van der Waals surface area contributed by atoms with Crippen molar-refractivity contribution in [3.8, 4) is 0 Å². The summed E-state index contributed by atoms with van der Waals surface area (Å²) in [5, 5.41) is 0. The molecule has 0 radical (unpaired) electrons. The average Bonchev–Trinajstić information content (AvgIpc) is 2.06. The number of benzene rings is 1. The summed E-state index contributed by atoms with van der Waals surface area (Å²) < 4.78 is 28.3. The monoisotopic (exact) mass is 188 g/mol. The van der Waals surface area contributed by atoms with Crippen LogP contribution in [-0.4, -0.2) is 10.8 Å². The van der Waals surface area contributed by atoms with Crippen LogP contribution in [0.2, 0.25) is 0 Å². The molecule has 0 bridgehead atoms. The Hall–Kier alpha value is -0.740. The first-order valence-electron chi connectivity index (χ1n) is 3.54. The fourth-order valence-corrected chi connectivity index (χ4v) is 1.43. The molecular weight excluding hydrogens is 179 g/mol. The van der Waals surface area contributed by atoms with Crippen LogP contribution in [0.25, 0.3) is 0 Å². The lowest BCUT2D eigenvalue weighted by Gasteiger charge is -1.99. The maximum absolute atomic E-state index is 12.4. The molecule has 0 fully saturated rings. The second-order valence-corrected chi connectivity index (χ2v) is 3.27. The van der Waals surface area contributed by atoms with E-state index in [1.807, 2.05) is 0 Å². The van der Waals surface area contributed by atoms with Crippen LogP contribution < -0.4 is 0 Å². The smallest absolute Gasteiger partial charge is 0.189 e. The van der Waals surface area contributed by atoms with E-state index in [2.05, 4.69) is 0 Å². The number of hydrogen-bond donors (Lipinski definition) is 0. The van der Waals surface area contributed by atoms with Crippen molar-refractivity contribution in [3.05, 3.63) is 30.1 Å². The van der Waals surface area contributed by atoms with Crippen molar-refractivity contribution >= 4 is 11.1 Å². The second kappa shape index (κ2) is 4.33. The van der Waals surface area contributed by atoms with E-state index < -0.39 is 11.1 Å². The van der Waals surface area contributed by atoms with E-state index in [0.717, 1.165) is 0 Å². The standard InChI is InChI=1S/C8H9FO2S/c1-2-11-12(10)8-5-3-7(9)4-6-8/h3-6H,2H2,1H3. The van der Waals surface area contributed by atoms with Crippen molar-refractivity contribution < 1.29 is 12.8 Å². The topological polar surface area (TPSA) is 26.3 Å². The molecule has 1 aromatic rings. The summed E-state index contributed by atoms with van der Waals surface area (Å²) in [5.41, 5.74) is 0. The van der Waals surface area contributed by atoms with Gasteiger partial charge in [-0.25, -0.2) is 8.60 Å². The quantitative estimate of drug-likeness (QED) is 0.724. The number of rotatable bonds is 3. The summed E-state index contributed by atoms with van der Waals surface area (Å²) in [6.45, 7) is 2.13. The molecule has 0 aliphatic carbocycles. The maximum atomic E-state index is 12.4. The minimum absolute atomic E-state index is 0.341. The SMILES string of the molecule is CCOS(=O)c1ccc(F)cc1. The predicted molar refractivity (Wildman–Crippen MR) is 44.4 cm³/mol. The number of halogens is 1. The maximum Gasteiger partial charge on any atom is 0.189 e. The fraction of sp³-hybridized carbons (Fsp3) is 0.250. The normalized spacial score (nSPS) is 12.8. The van der Waals surface area contributed by atoms with Gasteiger partial charge in [-0.3, -0.25) is 4.18 Å². The molecule has 0 amide bonds. The first kappa shape index (κ1) is 9.35. The van der Waals surface area contributed by atoms with Crippen LogP contribution in [0.5, 0.6) is 0 Å². The summed E-state index contributed by atoms with van der Waals surface area (Å²) in [4.78, 5) is 0.484. The molecule has 0 N–H and O–H groups in total. The Morgan fingerprint density at radius 2 is 2.00 bits per heavy atom. The lowest BCUT2D eigenvalue weighted by Crippen LogP contribution is -1.96. The Kier molecular flexibility index (Phi) is 3.37.